The third-order valence-electron chi connectivity index (χ3n) is 3.96. The number of rotatable bonds is 0. The fourth-order valence-corrected chi connectivity index (χ4v) is 3.09. The predicted molar refractivity (Wildman–Crippen MR) is 74.5 cm³/mol. The number of hydrogen-bond acceptors (Lipinski definition) is 4. The number of furan rings is 1. The summed E-state index contributed by atoms with van der Waals surface area (Å²) in [5.74, 6) is 0.995. The van der Waals surface area contributed by atoms with Gasteiger partial charge in [-0.1, -0.05) is 0 Å². The maximum absolute atomic E-state index is 12.2. The quantitative estimate of drug-likeness (QED) is 0.791. The first kappa shape index (κ1) is 13.5. The van der Waals surface area contributed by atoms with Crippen molar-refractivity contribution in [1.29, 1.82) is 0 Å². The van der Waals surface area contributed by atoms with Crippen LogP contribution in [0.15, 0.2) is 16.7 Å². The molecule has 1 fully saturated rings. The Hall–Kier alpha value is -1.49. The van der Waals surface area contributed by atoms with Crippen molar-refractivity contribution in [2.75, 3.05) is 19.6 Å². The molecular formula is C15H22N2O3. The van der Waals surface area contributed by atoms with Crippen LogP contribution in [0.25, 0.3) is 0 Å². The Labute approximate surface area is 119 Å². The molecule has 0 saturated carbocycles. The van der Waals surface area contributed by atoms with Gasteiger partial charge in [0.25, 0.3) is 0 Å². The first-order valence-electron chi connectivity index (χ1n) is 7.19. The van der Waals surface area contributed by atoms with Crippen molar-refractivity contribution in [2.45, 2.75) is 44.8 Å². The van der Waals surface area contributed by atoms with E-state index in [4.69, 9.17) is 9.15 Å². The maximum Gasteiger partial charge on any atom is 0.410 e. The Morgan fingerprint density at radius 1 is 1.50 bits per heavy atom. The summed E-state index contributed by atoms with van der Waals surface area (Å²) in [6.07, 6.45) is 3.36. The van der Waals surface area contributed by atoms with Gasteiger partial charge in [0.15, 0.2) is 0 Å². The van der Waals surface area contributed by atoms with Gasteiger partial charge in [0.05, 0.1) is 11.8 Å². The second kappa shape index (κ2) is 4.52. The number of nitrogens with one attached hydrogen (secondary N) is 1. The molecule has 1 N–H and O–H groups in total. The van der Waals surface area contributed by atoms with Crippen molar-refractivity contribution in [3.05, 3.63) is 23.7 Å². The van der Waals surface area contributed by atoms with Gasteiger partial charge in [0, 0.05) is 19.6 Å². The zero-order chi connectivity index (χ0) is 14.4. The molecule has 2 aliphatic rings. The number of carbonyl (C=O) groups is 1. The van der Waals surface area contributed by atoms with Crippen LogP contribution < -0.4 is 5.32 Å². The first-order valence-corrected chi connectivity index (χ1v) is 7.19. The normalized spacial score (nSPS) is 25.9. The van der Waals surface area contributed by atoms with Crippen molar-refractivity contribution >= 4 is 6.09 Å². The molecule has 110 valence electrons. The Kier molecular flexibility index (Phi) is 3.05. The van der Waals surface area contributed by atoms with Crippen LogP contribution in [0.4, 0.5) is 4.79 Å². The number of hydrogen-bond donors (Lipinski definition) is 1. The second-order valence-electron chi connectivity index (χ2n) is 6.69. The van der Waals surface area contributed by atoms with Gasteiger partial charge in [-0.25, -0.2) is 4.79 Å². The van der Waals surface area contributed by atoms with Crippen molar-refractivity contribution in [1.82, 2.24) is 10.2 Å². The molecule has 3 heterocycles. The van der Waals surface area contributed by atoms with E-state index in [1.165, 1.54) is 5.56 Å². The summed E-state index contributed by atoms with van der Waals surface area (Å²) >= 11 is 0. The largest absolute Gasteiger partial charge is 0.467 e. The third-order valence-corrected chi connectivity index (χ3v) is 3.96. The molecule has 0 bridgehead atoms. The average Bonchev–Trinajstić information content (AvgIpc) is 2.95. The van der Waals surface area contributed by atoms with Crippen LogP contribution in [0.3, 0.4) is 0 Å². The minimum Gasteiger partial charge on any atom is -0.467 e. The number of fused-ring (bicyclic) bond motifs is 2. The number of likely N-dealkylation sites (tertiary alicyclic amines) is 1. The first-order chi connectivity index (χ1) is 9.40. The molecule has 0 aromatic carbocycles. The van der Waals surface area contributed by atoms with E-state index >= 15 is 0 Å². The standard InChI is InChI=1S/C15H22N2O3/c1-14(2,3)20-13(18)17-8-6-15(10-17)12-11(4-7-16-15)5-9-19-12/h5,9,16H,4,6-8,10H2,1-3H3. The van der Waals surface area contributed by atoms with E-state index in [1.807, 2.05) is 26.8 Å². The van der Waals surface area contributed by atoms with E-state index in [-0.39, 0.29) is 11.6 Å². The number of carbonyl (C=O) groups excluding carboxylic acids is 1. The van der Waals surface area contributed by atoms with Crippen LogP contribution >= 0.6 is 0 Å². The lowest BCUT2D eigenvalue weighted by atomic mass is 9.88. The molecule has 1 saturated heterocycles. The summed E-state index contributed by atoms with van der Waals surface area (Å²) in [5.41, 5.74) is 0.575. The summed E-state index contributed by atoms with van der Waals surface area (Å²) in [7, 11) is 0. The van der Waals surface area contributed by atoms with Crippen LogP contribution in [0.1, 0.15) is 38.5 Å². The highest BCUT2D eigenvalue weighted by atomic mass is 16.6. The zero-order valence-corrected chi connectivity index (χ0v) is 12.4. The molecule has 1 atom stereocenters. The number of ether oxygens (including phenoxy) is 1. The van der Waals surface area contributed by atoms with Crippen LogP contribution in [0, 0.1) is 0 Å². The van der Waals surface area contributed by atoms with E-state index in [9.17, 15) is 4.79 Å². The average molecular weight is 278 g/mol. The maximum atomic E-state index is 12.2. The van der Waals surface area contributed by atoms with Gasteiger partial charge in [0.2, 0.25) is 0 Å². The van der Waals surface area contributed by atoms with Crippen molar-refractivity contribution < 1.29 is 13.9 Å². The van der Waals surface area contributed by atoms with Gasteiger partial charge in [-0.3, -0.25) is 0 Å². The van der Waals surface area contributed by atoms with Crippen LogP contribution in [0.5, 0.6) is 0 Å². The Morgan fingerprint density at radius 2 is 2.30 bits per heavy atom. The SMILES string of the molecule is CC(C)(C)OC(=O)N1CCC2(C1)NCCc1ccoc12. The van der Waals surface area contributed by atoms with Gasteiger partial charge >= 0.3 is 6.09 Å². The van der Waals surface area contributed by atoms with Gasteiger partial charge in [-0.2, -0.15) is 0 Å². The lowest BCUT2D eigenvalue weighted by molar-refractivity contribution is 0.0276. The summed E-state index contributed by atoms with van der Waals surface area (Å²) in [5, 5.41) is 3.54. The minimum atomic E-state index is -0.456. The van der Waals surface area contributed by atoms with E-state index in [1.54, 1.807) is 11.2 Å². The molecule has 1 unspecified atom stereocenters. The van der Waals surface area contributed by atoms with Crippen molar-refractivity contribution in [3.8, 4) is 0 Å². The van der Waals surface area contributed by atoms with E-state index in [2.05, 4.69) is 5.32 Å². The van der Waals surface area contributed by atoms with Crippen molar-refractivity contribution in [3.63, 3.8) is 0 Å². The molecule has 3 rings (SSSR count). The molecule has 5 heteroatoms. The summed E-state index contributed by atoms with van der Waals surface area (Å²) in [4.78, 5) is 14.0. The molecule has 1 spiro atoms. The van der Waals surface area contributed by atoms with Crippen LogP contribution in [-0.2, 0) is 16.7 Å². The monoisotopic (exact) mass is 278 g/mol. The predicted octanol–water partition coefficient (Wildman–Crippen LogP) is 2.26. The molecule has 20 heavy (non-hydrogen) atoms. The summed E-state index contributed by atoms with van der Waals surface area (Å²) in [6, 6.07) is 2.04. The highest BCUT2D eigenvalue weighted by molar-refractivity contribution is 5.69. The van der Waals surface area contributed by atoms with Crippen LogP contribution in [0.2, 0.25) is 0 Å². The molecule has 1 aromatic heterocycles. The third kappa shape index (κ3) is 2.30. The van der Waals surface area contributed by atoms with E-state index < -0.39 is 5.60 Å². The highest BCUT2D eigenvalue weighted by Gasteiger charge is 2.46. The highest BCUT2D eigenvalue weighted by Crippen LogP contribution is 2.37. The topological polar surface area (TPSA) is 54.7 Å². The Morgan fingerprint density at radius 3 is 3.05 bits per heavy atom. The van der Waals surface area contributed by atoms with Crippen molar-refractivity contribution in [2.24, 2.45) is 0 Å². The van der Waals surface area contributed by atoms with E-state index in [0.29, 0.717) is 13.1 Å². The molecule has 2 aliphatic heterocycles. The second-order valence-corrected chi connectivity index (χ2v) is 6.69. The van der Waals surface area contributed by atoms with Gasteiger partial charge in [0.1, 0.15) is 11.4 Å². The minimum absolute atomic E-state index is 0.228. The Balaban J connectivity index is 1.76. The lowest BCUT2D eigenvalue weighted by Crippen LogP contribution is -2.49. The molecule has 1 aromatic rings. The molecule has 0 aliphatic carbocycles. The lowest BCUT2D eigenvalue weighted by Gasteiger charge is -2.33. The number of nitrogens with zero attached hydrogens (tertiary/aromatic N) is 1. The smallest absolute Gasteiger partial charge is 0.410 e. The Bertz CT molecular complexity index is 517. The fraction of sp³-hybridized carbons (Fsp3) is 0.667. The van der Waals surface area contributed by atoms with Gasteiger partial charge < -0.3 is 19.4 Å². The summed E-state index contributed by atoms with van der Waals surface area (Å²) in [6.45, 7) is 7.90. The molecular weight excluding hydrogens is 256 g/mol. The number of amides is 1. The molecule has 1 amide bonds. The zero-order valence-electron chi connectivity index (χ0n) is 12.4. The van der Waals surface area contributed by atoms with Gasteiger partial charge in [-0.05, 0) is 45.2 Å². The fourth-order valence-electron chi connectivity index (χ4n) is 3.09. The van der Waals surface area contributed by atoms with Crippen LogP contribution in [-0.4, -0.2) is 36.2 Å². The summed E-state index contributed by atoms with van der Waals surface area (Å²) < 4.78 is 11.1. The molecule has 5 nitrogen and oxygen atoms in total. The van der Waals surface area contributed by atoms with E-state index in [0.717, 1.165) is 25.1 Å². The molecule has 0 radical (unpaired) electrons. The van der Waals surface area contributed by atoms with Gasteiger partial charge in [-0.15, -0.1) is 0 Å².